The van der Waals surface area contributed by atoms with Crippen molar-refractivity contribution in [2.24, 2.45) is 0 Å². The van der Waals surface area contributed by atoms with Gasteiger partial charge in [-0.25, -0.2) is 8.78 Å². The van der Waals surface area contributed by atoms with Crippen LogP contribution in [0.3, 0.4) is 0 Å². The lowest BCUT2D eigenvalue weighted by Gasteiger charge is -2.38. The van der Waals surface area contributed by atoms with Crippen LogP contribution in [0.15, 0.2) is 36.5 Å². The Morgan fingerprint density at radius 1 is 1.03 bits per heavy atom. The lowest BCUT2D eigenvalue weighted by atomic mass is 9.74. The van der Waals surface area contributed by atoms with Gasteiger partial charge < -0.3 is 25.6 Å². The number of alkyl halides is 3. The zero-order chi connectivity index (χ0) is 23.2. The molecule has 1 atom stereocenters. The molecule has 3 aromatic rings. The topological polar surface area (TPSA) is 88.5 Å². The van der Waals surface area contributed by atoms with E-state index in [1.54, 1.807) is 0 Å². The third kappa shape index (κ3) is 4.25. The van der Waals surface area contributed by atoms with Crippen LogP contribution in [0.25, 0.3) is 10.8 Å². The summed E-state index contributed by atoms with van der Waals surface area (Å²) in [4.78, 5) is 2.44. The largest absolute Gasteiger partial charge is 0.508 e. The summed E-state index contributed by atoms with van der Waals surface area (Å²) in [5.74, 6) is -2.61. The van der Waals surface area contributed by atoms with Crippen molar-refractivity contribution in [3.8, 4) is 11.6 Å². The van der Waals surface area contributed by atoms with Crippen molar-refractivity contribution >= 4 is 16.5 Å². The van der Waals surface area contributed by atoms with Crippen LogP contribution in [0, 0.1) is 11.6 Å². The highest BCUT2D eigenvalue weighted by Gasteiger charge is 2.56. The summed E-state index contributed by atoms with van der Waals surface area (Å²) in [5.41, 5.74) is -5.42. The van der Waals surface area contributed by atoms with Gasteiger partial charge in [0.1, 0.15) is 17.4 Å². The second-order valence-corrected chi connectivity index (χ2v) is 8.13. The number of nitrogens with one attached hydrogen (secondary N) is 2. The highest BCUT2D eigenvalue weighted by atomic mass is 19.4. The Labute approximate surface area is 174 Å². The van der Waals surface area contributed by atoms with Gasteiger partial charge in [-0.15, -0.1) is 0 Å². The summed E-state index contributed by atoms with van der Waals surface area (Å²) in [7, 11) is 0. The fourth-order valence-corrected chi connectivity index (χ4v) is 3.84. The fraction of sp³-hybridized carbons (Fsp3) is 0.333. The van der Waals surface area contributed by atoms with Crippen molar-refractivity contribution in [3.63, 3.8) is 0 Å². The molecule has 0 saturated heterocycles. The lowest BCUT2D eigenvalue weighted by molar-refractivity contribution is -0.260. The van der Waals surface area contributed by atoms with E-state index in [0.29, 0.717) is 0 Å². The summed E-state index contributed by atoms with van der Waals surface area (Å²) >= 11 is 0. The zero-order valence-corrected chi connectivity index (χ0v) is 16.6. The Morgan fingerprint density at radius 2 is 1.71 bits per heavy atom. The summed E-state index contributed by atoms with van der Waals surface area (Å²) < 4.78 is 69.8. The van der Waals surface area contributed by atoms with Gasteiger partial charge in [0, 0.05) is 28.2 Å². The number of aromatic hydroxyl groups is 2. The van der Waals surface area contributed by atoms with E-state index >= 15 is 0 Å². The number of aliphatic hydroxyl groups is 1. The molecule has 3 rings (SSSR count). The van der Waals surface area contributed by atoms with Crippen LogP contribution < -0.4 is 5.32 Å². The number of fused-ring (bicyclic) bond motifs is 1. The minimum atomic E-state index is -5.13. The number of phenols is 1. The van der Waals surface area contributed by atoms with Crippen LogP contribution >= 0.6 is 0 Å². The molecule has 0 bridgehead atoms. The molecular weight excluding hydrogens is 423 g/mol. The van der Waals surface area contributed by atoms with Crippen molar-refractivity contribution in [2.45, 2.75) is 37.5 Å². The summed E-state index contributed by atoms with van der Waals surface area (Å²) in [6.07, 6.45) is -4.85. The van der Waals surface area contributed by atoms with Crippen LogP contribution in [-0.2, 0) is 5.41 Å². The number of anilines is 1. The highest BCUT2D eigenvalue weighted by Crippen LogP contribution is 2.44. The van der Waals surface area contributed by atoms with E-state index in [1.165, 1.54) is 26.1 Å². The van der Waals surface area contributed by atoms with E-state index in [2.05, 4.69) is 10.3 Å². The third-order valence-corrected chi connectivity index (χ3v) is 5.25. The highest BCUT2D eigenvalue weighted by molar-refractivity contribution is 5.97. The van der Waals surface area contributed by atoms with Crippen LogP contribution in [-0.4, -0.2) is 38.6 Å². The van der Waals surface area contributed by atoms with E-state index in [0.717, 1.165) is 24.3 Å². The number of hydrogen-bond acceptors (Lipinski definition) is 4. The number of H-pyrrole nitrogens is 1. The van der Waals surface area contributed by atoms with Crippen molar-refractivity contribution in [1.29, 1.82) is 0 Å². The Morgan fingerprint density at radius 3 is 2.32 bits per heavy atom. The van der Waals surface area contributed by atoms with Crippen molar-refractivity contribution in [1.82, 2.24) is 4.98 Å². The number of benzene rings is 2. The number of aromatic nitrogens is 1. The fourth-order valence-electron chi connectivity index (χ4n) is 3.84. The molecule has 5 nitrogen and oxygen atoms in total. The summed E-state index contributed by atoms with van der Waals surface area (Å²) in [6.45, 7) is 1.46. The first-order chi connectivity index (χ1) is 14.2. The molecule has 5 N–H and O–H groups in total. The minimum Gasteiger partial charge on any atom is -0.508 e. The molecule has 0 fully saturated rings. The van der Waals surface area contributed by atoms with E-state index < -0.39 is 47.5 Å². The third-order valence-electron chi connectivity index (χ3n) is 5.25. The summed E-state index contributed by atoms with van der Waals surface area (Å²) in [5, 5.41) is 33.0. The smallest absolute Gasteiger partial charge is 0.418 e. The van der Waals surface area contributed by atoms with Crippen LogP contribution in [0.5, 0.6) is 11.6 Å². The van der Waals surface area contributed by atoms with Gasteiger partial charge in [0.2, 0.25) is 0 Å². The zero-order valence-electron chi connectivity index (χ0n) is 16.6. The molecule has 0 spiro atoms. The molecule has 1 heterocycles. The first-order valence-corrected chi connectivity index (χ1v) is 9.26. The second-order valence-electron chi connectivity index (χ2n) is 8.13. The SMILES string of the molecule is CC(C)(CC(O)(CNc1cc(F)cc2c(O)[nH]cc12)C(F)(F)F)c1c(O)cccc1F. The average Bonchev–Trinajstić information content (AvgIpc) is 2.99. The van der Waals surface area contributed by atoms with Gasteiger partial charge in [0.25, 0.3) is 0 Å². The van der Waals surface area contributed by atoms with Gasteiger partial charge >= 0.3 is 6.18 Å². The standard InChI is InChI=1S/C21H21F5N2O3/c1-19(2,17-14(23)4-3-5-16(17)29)9-20(31,21(24,25)26)10-28-15-7-11(22)6-12-13(15)8-27-18(12)30/h3-8,27-31H,9-10H2,1-2H3. The van der Waals surface area contributed by atoms with E-state index in [-0.39, 0.29) is 27.9 Å². The number of hydrogen-bond donors (Lipinski definition) is 5. The van der Waals surface area contributed by atoms with Gasteiger partial charge in [-0.05, 0) is 36.1 Å². The molecule has 0 radical (unpaired) electrons. The molecule has 0 aliphatic rings. The van der Waals surface area contributed by atoms with Crippen molar-refractivity contribution in [2.75, 3.05) is 11.9 Å². The van der Waals surface area contributed by atoms with E-state index in [9.17, 15) is 37.3 Å². The molecule has 1 unspecified atom stereocenters. The lowest BCUT2D eigenvalue weighted by Crippen LogP contribution is -2.53. The molecule has 1 aromatic heterocycles. The molecular formula is C21H21F5N2O3. The Bertz CT molecular complexity index is 1090. The van der Waals surface area contributed by atoms with Crippen LogP contribution in [0.4, 0.5) is 27.6 Å². The number of halogens is 5. The first-order valence-electron chi connectivity index (χ1n) is 9.26. The Hall–Kier alpha value is -3.01. The normalized spacial score (nSPS) is 14.6. The van der Waals surface area contributed by atoms with Gasteiger partial charge in [0.05, 0.1) is 6.54 Å². The minimum absolute atomic E-state index is 0.0506. The number of phenolic OH excluding ortho intramolecular Hbond substituents is 1. The maximum absolute atomic E-state index is 14.3. The number of rotatable bonds is 6. The molecule has 0 aliphatic carbocycles. The molecule has 0 saturated carbocycles. The van der Waals surface area contributed by atoms with E-state index in [1.807, 2.05) is 0 Å². The van der Waals surface area contributed by atoms with Gasteiger partial charge in [0.15, 0.2) is 11.5 Å². The maximum Gasteiger partial charge on any atom is 0.418 e. The molecule has 2 aromatic carbocycles. The Kier molecular flexibility index (Phi) is 5.56. The number of aromatic amines is 1. The summed E-state index contributed by atoms with van der Waals surface area (Å²) in [6, 6.07) is 5.30. The predicted molar refractivity (Wildman–Crippen MR) is 105 cm³/mol. The van der Waals surface area contributed by atoms with E-state index in [4.69, 9.17) is 0 Å². The maximum atomic E-state index is 14.3. The molecule has 0 aliphatic heterocycles. The molecule has 168 valence electrons. The molecule has 10 heteroatoms. The van der Waals surface area contributed by atoms with Crippen molar-refractivity contribution < 1.29 is 37.3 Å². The van der Waals surface area contributed by atoms with Gasteiger partial charge in [-0.3, -0.25) is 0 Å². The second kappa shape index (κ2) is 7.60. The predicted octanol–water partition coefficient (Wildman–Crippen LogP) is 4.93. The average molecular weight is 444 g/mol. The first kappa shape index (κ1) is 22.7. The van der Waals surface area contributed by atoms with Crippen LogP contribution in [0.2, 0.25) is 0 Å². The van der Waals surface area contributed by atoms with Gasteiger partial charge in [-0.2, -0.15) is 13.2 Å². The van der Waals surface area contributed by atoms with Gasteiger partial charge in [-0.1, -0.05) is 19.9 Å². The van der Waals surface area contributed by atoms with Crippen molar-refractivity contribution in [3.05, 3.63) is 53.7 Å². The Balaban J connectivity index is 1.96. The quantitative estimate of drug-likeness (QED) is 0.349. The molecule has 31 heavy (non-hydrogen) atoms. The van der Waals surface area contributed by atoms with Crippen LogP contribution in [0.1, 0.15) is 25.8 Å². The molecule has 0 amide bonds. The monoisotopic (exact) mass is 444 g/mol.